The van der Waals surface area contributed by atoms with Crippen molar-refractivity contribution in [2.24, 2.45) is 0 Å². The van der Waals surface area contributed by atoms with Crippen molar-refractivity contribution >= 4 is 56.7 Å². The molecule has 0 saturated heterocycles. The van der Waals surface area contributed by atoms with Crippen LogP contribution in [-0.2, 0) is 5.41 Å². The van der Waals surface area contributed by atoms with Crippen molar-refractivity contribution in [3.63, 3.8) is 0 Å². The van der Waals surface area contributed by atoms with Gasteiger partial charge in [0.05, 0.1) is 16.8 Å². The molecule has 0 bridgehead atoms. The van der Waals surface area contributed by atoms with Crippen molar-refractivity contribution in [2.45, 2.75) is 19.3 Å². The number of aryl methyl sites for hydroxylation is 2. The van der Waals surface area contributed by atoms with Crippen molar-refractivity contribution in [2.75, 3.05) is 4.90 Å². The van der Waals surface area contributed by atoms with Crippen LogP contribution in [-0.4, -0.2) is 8.07 Å². The molecule has 2 heteroatoms. The second-order valence-corrected chi connectivity index (χ2v) is 20.2. The second-order valence-electron chi connectivity index (χ2n) is 16.5. The van der Waals surface area contributed by atoms with Crippen LogP contribution in [0.15, 0.2) is 188 Å². The number of hydrogen-bond acceptors (Lipinski definition) is 1. The molecule has 0 saturated carbocycles. The largest absolute Gasteiger partial charge is 0.310 e. The SMILES string of the molecule is Cc1ccc2c(c1)[Si]1(c3ccccc3-c3ccc(N4c5ccccc5C5(c6ccccc6-c6ccccc65)c5cc6ccccc6cc54)cc31)c1cc(C)ccc1-2. The normalized spacial score (nSPS) is 15.1. The van der Waals surface area contributed by atoms with Gasteiger partial charge in [0.15, 0.2) is 8.07 Å². The van der Waals surface area contributed by atoms with E-state index in [0.29, 0.717) is 0 Å². The molecule has 3 heterocycles. The van der Waals surface area contributed by atoms with E-state index >= 15 is 0 Å². The lowest BCUT2D eigenvalue weighted by Gasteiger charge is -2.45. The highest BCUT2D eigenvalue weighted by molar-refractivity contribution is 7.24. The number of rotatable bonds is 1. The summed E-state index contributed by atoms with van der Waals surface area (Å²) in [5.74, 6) is 0. The molecule has 3 aliphatic heterocycles. The molecule has 1 nitrogen and oxygen atoms in total. The summed E-state index contributed by atoms with van der Waals surface area (Å²) in [4.78, 5) is 2.60. The molecule has 0 aromatic heterocycles. The van der Waals surface area contributed by atoms with Crippen LogP contribution in [0, 0.1) is 13.8 Å². The van der Waals surface area contributed by atoms with E-state index in [1.54, 1.807) is 0 Å². The van der Waals surface area contributed by atoms with Crippen molar-refractivity contribution in [3.8, 4) is 33.4 Å². The predicted molar refractivity (Wildman–Crippen MR) is 241 cm³/mol. The van der Waals surface area contributed by atoms with Crippen molar-refractivity contribution < 1.29 is 0 Å². The zero-order valence-corrected chi connectivity index (χ0v) is 32.8. The molecule has 4 aliphatic rings. The van der Waals surface area contributed by atoms with Gasteiger partial charge in [0, 0.05) is 5.69 Å². The van der Waals surface area contributed by atoms with E-state index in [9.17, 15) is 0 Å². The van der Waals surface area contributed by atoms with Gasteiger partial charge in [0.1, 0.15) is 0 Å². The van der Waals surface area contributed by atoms with Crippen LogP contribution in [0.5, 0.6) is 0 Å². The van der Waals surface area contributed by atoms with E-state index in [-0.39, 0.29) is 0 Å². The molecule has 0 amide bonds. The third-order valence-electron chi connectivity index (χ3n) is 13.7. The highest BCUT2D eigenvalue weighted by Gasteiger charge is 2.55. The molecule has 0 atom stereocenters. The molecule has 0 radical (unpaired) electrons. The Balaban J connectivity index is 1.15. The van der Waals surface area contributed by atoms with E-state index in [1.807, 2.05) is 0 Å². The smallest absolute Gasteiger partial charge is 0.182 e. The highest BCUT2D eigenvalue weighted by Crippen LogP contribution is 2.63. The van der Waals surface area contributed by atoms with Crippen LogP contribution in [0.3, 0.4) is 0 Å². The summed E-state index contributed by atoms with van der Waals surface area (Å²) in [6.07, 6.45) is 0. The van der Waals surface area contributed by atoms with Gasteiger partial charge in [-0.3, -0.25) is 0 Å². The number of benzene rings is 9. The van der Waals surface area contributed by atoms with E-state index in [0.717, 1.165) is 0 Å². The van der Waals surface area contributed by atoms with Gasteiger partial charge >= 0.3 is 0 Å². The van der Waals surface area contributed by atoms with Gasteiger partial charge in [-0.15, -0.1) is 0 Å². The van der Waals surface area contributed by atoms with Crippen LogP contribution in [0.1, 0.15) is 33.4 Å². The number of para-hydroxylation sites is 1. The minimum absolute atomic E-state index is 0.471. The fourth-order valence-electron chi connectivity index (χ4n) is 11.6. The molecule has 0 unspecified atom stereocenters. The van der Waals surface area contributed by atoms with Gasteiger partial charge < -0.3 is 4.90 Å². The van der Waals surface area contributed by atoms with Gasteiger partial charge in [-0.05, 0) is 131 Å². The fourth-order valence-corrected chi connectivity index (χ4v) is 17.4. The molecule has 1 aliphatic carbocycles. The van der Waals surface area contributed by atoms with Crippen molar-refractivity contribution in [3.05, 3.63) is 221 Å². The zero-order valence-electron chi connectivity index (χ0n) is 31.8. The maximum atomic E-state index is 2.61. The van der Waals surface area contributed by atoms with Gasteiger partial charge in [-0.2, -0.15) is 0 Å². The Morgan fingerprint density at radius 1 is 0.351 bits per heavy atom. The standard InChI is InChI=1S/C55H37NSi/c1-34-23-26-42-43-27-24-35(2)30-53(43)57(52(42)29-34)51-22-12-7-17-41(51)44-28-25-38(33-54(44)57)56-49-21-11-10-20-47(49)55(48-31-36-13-3-4-14-37(36)32-50(48)56)45-18-8-5-15-39(45)40-16-6-9-19-46(40)55/h3-33H,1-2H3. The Morgan fingerprint density at radius 3 is 1.51 bits per heavy atom. The van der Waals surface area contributed by atoms with E-state index in [4.69, 9.17) is 0 Å². The Bertz CT molecular complexity index is 3150. The monoisotopic (exact) mass is 739 g/mol. The molecule has 0 fully saturated rings. The lowest BCUT2D eigenvalue weighted by molar-refractivity contribution is 0.754. The molecule has 9 aromatic carbocycles. The number of anilines is 3. The first-order chi connectivity index (χ1) is 28.1. The van der Waals surface area contributed by atoms with Crippen LogP contribution in [0.4, 0.5) is 17.1 Å². The predicted octanol–water partition coefficient (Wildman–Crippen LogP) is 10.9. The van der Waals surface area contributed by atoms with Crippen molar-refractivity contribution in [1.82, 2.24) is 0 Å². The van der Waals surface area contributed by atoms with Gasteiger partial charge in [0.2, 0.25) is 0 Å². The van der Waals surface area contributed by atoms with Crippen LogP contribution < -0.4 is 25.6 Å². The maximum absolute atomic E-state index is 2.69. The van der Waals surface area contributed by atoms with Crippen molar-refractivity contribution in [1.29, 1.82) is 0 Å². The molecule has 13 rings (SSSR count). The average molecular weight is 740 g/mol. The van der Waals surface area contributed by atoms with E-state index in [2.05, 4.69) is 207 Å². The minimum Gasteiger partial charge on any atom is -0.310 e. The lowest BCUT2D eigenvalue weighted by Crippen LogP contribution is -2.70. The topological polar surface area (TPSA) is 3.24 Å². The molecule has 9 aromatic rings. The molecule has 266 valence electrons. The van der Waals surface area contributed by atoms with Crippen LogP contribution in [0.25, 0.3) is 44.2 Å². The fraction of sp³-hybridized carbons (Fsp3) is 0.0545. The third-order valence-corrected chi connectivity index (χ3v) is 18.7. The number of fused-ring (bicyclic) bond motifs is 20. The summed E-state index contributed by atoms with van der Waals surface area (Å²) in [5.41, 5.74) is 19.4. The summed E-state index contributed by atoms with van der Waals surface area (Å²) in [6.45, 7) is 4.52. The molecular formula is C55H37NSi. The first-order valence-electron chi connectivity index (χ1n) is 20.2. The average Bonchev–Trinajstić information content (AvgIpc) is 3.83. The molecule has 2 spiro atoms. The third kappa shape index (κ3) is 3.75. The van der Waals surface area contributed by atoms with Gasteiger partial charge in [-0.25, -0.2) is 0 Å². The lowest BCUT2D eigenvalue weighted by atomic mass is 9.64. The number of nitrogens with zero attached hydrogens (tertiary/aromatic N) is 1. The summed E-state index contributed by atoms with van der Waals surface area (Å²) < 4.78 is 0. The maximum Gasteiger partial charge on any atom is 0.182 e. The summed E-state index contributed by atoms with van der Waals surface area (Å²) in [5, 5.41) is 8.56. The Morgan fingerprint density at radius 2 is 0.842 bits per heavy atom. The summed E-state index contributed by atoms with van der Waals surface area (Å²) in [7, 11) is -2.69. The van der Waals surface area contributed by atoms with Crippen LogP contribution in [0.2, 0.25) is 0 Å². The first kappa shape index (κ1) is 31.5. The highest BCUT2D eigenvalue weighted by atomic mass is 28.3. The quantitative estimate of drug-likeness (QED) is 0.152. The zero-order chi connectivity index (χ0) is 37.6. The summed E-state index contributed by atoms with van der Waals surface area (Å²) >= 11 is 0. The molecule has 0 N–H and O–H groups in total. The molecular weight excluding hydrogens is 703 g/mol. The van der Waals surface area contributed by atoms with Crippen LogP contribution >= 0.6 is 0 Å². The van der Waals surface area contributed by atoms with E-state index < -0.39 is 13.5 Å². The summed E-state index contributed by atoms with van der Waals surface area (Å²) in [6, 6.07) is 72.5. The van der Waals surface area contributed by atoms with Gasteiger partial charge in [-0.1, -0.05) is 169 Å². The van der Waals surface area contributed by atoms with Gasteiger partial charge in [0.25, 0.3) is 0 Å². The Labute approximate surface area is 334 Å². The number of hydrogen-bond donors (Lipinski definition) is 0. The Kier molecular flexibility index (Phi) is 6.05. The Hall–Kier alpha value is -6.74. The molecule has 57 heavy (non-hydrogen) atoms. The van der Waals surface area contributed by atoms with E-state index in [1.165, 1.54) is 115 Å². The first-order valence-corrected chi connectivity index (χ1v) is 22.2. The second kappa shape index (κ2) is 11.0. The minimum atomic E-state index is -2.69.